The van der Waals surface area contributed by atoms with E-state index < -0.39 is 0 Å². The molecule has 1 heterocycles. The van der Waals surface area contributed by atoms with Crippen molar-refractivity contribution in [3.05, 3.63) is 24.2 Å². The Balaban J connectivity index is 0.00000225. The number of aliphatic imine (C=N–C) groups is 1. The summed E-state index contributed by atoms with van der Waals surface area (Å²) in [5.41, 5.74) is 0. The number of furan rings is 1. The van der Waals surface area contributed by atoms with Gasteiger partial charge in [-0.3, -0.25) is 4.99 Å². The molecule has 2 N–H and O–H groups in total. The van der Waals surface area contributed by atoms with Crippen LogP contribution >= 0.6 is 35.7 Å². The van der Waals surface area contributed by atoms with E-state index in [4.69, 9.17) is 4.42 Å². The lowest BCUT2D eigenvalue weighted by molar-refractivity contribution is 0.501. The number of halogens is 1. The monoisotopic (exact) mass is 355 g/mol. The van der Waals surface area contributed by atoms with Crippen molar-refractivity contribution < 1.29 is 4.42 Å². The van der Waals surface area contributed by atoms with E-state index >= 15 is 0 Å². The van der Waals surface area contributed by atoms with Crippen molar-refractivity contribution in [2.45, 2.75) is 6.54 Å². The highest BCUT2D eigenvalue weighted by atomic mass is 127. The van der Waals surface area contributed by atoms with E-state index in [2.05, 4.69) is 21.9 Å². The minimum Gasteiger partial charge on any atom is -0.467 e. The maximum Gasteiger partial charge on any atom is 0.191 e. The van der Waals surface area contributed by atoms with Gasteiger partial charge in [0.1, 0.15) is 5.76 Å². The molecule has 0 saturated heterocycles. The number of nitrogens with one attached hydrogen (secondary N) is 2. The Morgan fingerprint density at radius 3 is 2.88 bits per heavy atom. The standard InChI is InChI=1S/C10H17N3OS.HI/c1-11-10(12-5-7-15-2)13-8-9-4-3-6-14-9;/h3-4,6H,5,7-8H2,1-2H3,(H2,11,12,13);1H. The van der Waals surface area contributed by atoms with Gasteiger partial charge in [-0.1, -0.05) is 0 Å². The van der Waals surface area contributed by atoms with Gasteiger partial charge in [-0.2, -0.15) is 11.8 Å². The maximum atomic E-state index is 5.20. The van der Waals surface area contributed by atoms with Crippen LogP contribution in [0, 0.1) is 0 Å². The van der Waals surface area contributed by atoms with Gasteiger partial charge in [0.25, 0.3) is 0 Å². The Hall–Kier alpha value is -0.370. The minimum atomic E-state index is 0. The fourth-order valence-corrected chi connectivity index (χ4v) is 1.38. The summed E-state index contributed by atoms with van der Waals surface area (Å²) in [4.78, 5) is 4.10. The van der Waals surface area contributed by atoms with Crippen molar-refractivity contribution in [3.8, 4) is 0 Å². The van der Waals surface area contributed by atoms with Gasteiger partial charge in [0.05, 0.1) is 12.8 Å². The molecule has 0 aromatic carbocycles. The SMILES string of the molecule is CN=C(NCCSC)NCc1ccco1.I. The van der Waals surface area contributed by atoms with Crippen molar-refractivity contribution in [3.63, 3.8) is 0 Å². The van der Waals surface area contributed by atoms with E-state index in [0.29, 0.717) is 6.54 Å². The first kappa shape index (κ1) is 15.6. The highest BCUT2D eigenvalue weighted by molar-refractivity contribution is 14.0. The molecule has 4 nitrogen and oxygen atoms in total. The summed E-state index contributed by atoms with van der Waals surface area (Å²) < 4.78 is 5.20. The summed E-state index contributed by atoms with van der Waals surface area (Å²) in [6.07, 6.45) is 3.75. The van der Waals surface area contributed by atoms with Gasteiger partial charge >= 0.3 is 0 Å². The number of guanidine groups is 1. The third-order valence-electron chi connectivity index (χ3n) is 1.83. The molecule has 0 aliphatic heterocycles. The average molecular weight is 355 g/mol. The maximum absolute atomic E-state index is 5.20. The summed E-state index contributed by atoms with van der Waals surface area (Å²) in [6.45, 7) is 1.57. The van der Waals surface area contributed by atoms with Crippen molar-refractivity contribution in [1.29, 1.82) is 0 Å². The molecule has 1 aromatic rings. The van der Waals surface area contributed by atoms with Gasteiger partial charge in [0.15, 0.2) is 5.96 Å². The Labute approximate surface area is 118 Å². The lowest BCUT2D eigenvalue weighted by atomic mass is 10.4. The second-order valence-corrected chi connectivity index (χ2v) is 3.91. The van der Waals surface area contributed by atoms with Crippen LogP contribution in [0.5, 0.6) is 0 Å². The molecular formula is C10H18IN3OS. The highest BCUT2D eigenvalue weighted by Crippen LogP contribution is 1.98. The molecule has 0 unspecified atom stereocenters. The van der Waals surface area contributed by atoms with Crippen LogP contribution in [-0.2, 0) is 6.54 Å². The average Bonchev–Trinajstić information content (AvgIpc) is 2.76. The minimum absolute atomic E-state index is 0. The molecule has 1 rings (SSSR count). The largest absolute Gasteiger partial charge is 0.467 e. The number of rotatable bonds is 5. The molecular weight excluding hydrogens is 337 g/mol. The normalized spacial score (nSPS) is 10.8. The van der Waals surface area contributed by atoms with Crippen LogP contribution in [0.2, 0.25) is 0 Å². The van der Waals surface area contributed by atoms with Crippen LogP contribution in [0.1, 0.15) is 5.76 Å². The summed E-state index contributed by atoms with van der Waals surface area (Å²) in [7, 11) is 1.76. The first-order valence-electron chi connectivity index (χ1n) is 4.82. The molecule has 0 bridgehead atoms. The van der Waals surface area contributed by atoms with E-state index in [1.807, 2.05) is 12.1 Å². The molecule has 0 radical (unpaired) electrons. The number of hydrogen-bond acceptors (Lipinski definition) is 3. The van der Waals surface area contributed by atoms with E-state index in [0.717, 1.165) is 24.0 Å². The van der Waals surface area contributed by atoms with Crippen LogP contribution in [0.4, 0.5) is 0 Å². The van der Waals surface area contributed by atoms with Gasteiger partial charge in [-0.15, -0.1) is 24.0 Å². The van der Waals surface area contributed by atoms with Crippen molar-refractivity contribution in [2.75, 3.05) is 25.6 Å². The predicted molar refractivity (Wildman–Crippen MR) is 80.7 cm³/mol. The van der Waals surface area contributed by atoms with E-state index in [1.54, 1.807) is 25.1 Å². The number of nitrogens with zero attached hydrogens (tertiary/aromatic N) is 1. The summed E-state index contributed by atoms with van der Waals surface area (Å²) in [6, 6.07) is 3.81. The van der Waals surface area contributed by atoms with Crippen LogP contribution in [0.3, 0.4) is 0 Å². The Kier molecular flexibility index (Phi) is 9.60. The van der Waals surface area contributed by atoms with Crippen molar-refractivity contribution in [2.24, 2.45) is 4.99 Å². The smallest absolute Gasteiger partial charge is 0.191 e. The number of thioether (sulfide) groups is 1. The third kappa shape index (κ3) is 6.26. The van der Waals surface area contributed by atoms with Crippen LogP contribution in [0.25, 0.3) is 0 Å². The second kappa shape index (κ2) is 9.83. The zero-order valence-electron chi connectivity index (χ0n) is 9.53. The molecule has 0 amide bonds. The second-order valence-electron chi connectivity index (χ2n) is 2.92. The molecule has 92 valence electrons. The lowest BCUT2D eigenvalue weighted by Gasteiger charge is -2.09. The Morgan fingerprint density at radius 2 is 2.31 bits per heavy atom. The fraction of sp³-hybridized carbons (Fsp3) is 0.500. The molecule has 1 aromatic heterocycles. The van der Waals surface area contributed by atoms with E-state index in [1.165, 1.54) is 0 Å². The van der Waals surface area contributed by atoms with Gasteiger partial charge in [-0.05, 0) is 18.4 Å². The van der Waals surface area contributed by atoms with Crippen LogP contribution in [0.15, 0.2) is 27.8 Å². The highest BCUT2D eigenvalue weighted by Gasteiger charge is 1.98. The predicted octanol–water partition coefficient (Wildman–Crippen LogP) is 1.93. The molecule has 0 saturated carbocycles. The summed E-state index contributed by atoms with van der Waals surface area (Å²) in [5, 5.41) is 6.38. The van der Waals surface area contributed by atoms with Crippen molar-refractivity contribution >= 4 is 41.7 Å². The zero-order chi connectivity index (χ0) is 10.9. The molecule has 0 atom stereocenters. The van der Waals surface area contributed by atoms with E-state index in [9.17, 15) is 0 Å². The fourth-order valence-electron chi connectivity index (χ4n) is 1.08. The van der Waals surface area contributed by atoms with Crippen molar-refractivity contribution in [1.82, 2.24) is 10.6 Å². The summed E-state index contributed by atoms with van der Waals surface area (Å²) in [5.74, 6) is 2.78. The van der Waals surface area contributed by atoms with Gasteiger partial charge in [0, 0.05) is 19.3 Å². The molecule has 0 fully saturated rings. The van der Waals surface area contributed by atoms with Gasteiger partial charge in [0.2, 0.25) is 0 Å². The Bertz CT molecular complexity index is 290. The number of hydrogen-bond donors (Lipinski definition) is 2. The molecule has 0 aliphatic rings. The molecule has 6 heteroatoms. The Morgan fingerprint density at radius 1 is 1.50 bits per heavy atom. The van der Waals surface area contributed by atoms with Crippen LogP contribution in [-0.4, -0.2) is 31.6 Å². The molecule has 0 spiro atoms. The third-order valence-corrected chi connectivity index (χ3v) is 2.44. The first-order valence-corrected chi connectivity index (χ1v) is 6.22. The topological polar surface area (TPSA) is 49.6 Å². The van der Waals surface area contributed by atoms with Crippen LogP contribution < -0.4 is 10.6 Å². The van der Waals surface area contributed by atoms with Gasteiger partial charge < -0.3 is 15.1 Å². The summed E-state index contributed by atoms with van der Waals surface area (Å²) >= 11 is 1.81. The first-order chi connectivity index (χ1) is 7.36. The van der Waals surface area contributed by atoms with E-state index in [-0.39, 0.29) is 24.0 Å². The zero-order valence-corrected chi connectivity index (χ0v) is 12.7. The lowest BCUT2D eigenvalue weighted by Crippen LogP contribution is -2.37. The quantitative estimate of drug-likeness (QED) is 0.367. The molecule has 16 heavy (non-hydrogen) atoms. The molecule has 0 aliphatic carbocycles. The van der Waals surface area contributed by atoms with Gasteiger partial charge in [-0.25, -0.2) is 0 Å².